The Balaban J connectivity index is 1.36. The highest BCUT2D eigenvalue weighted by Crippen LogP contribution is 2.49. The van der Waals surface area contributed by atoms with E-state index in [1.807, 2.05) is 24.3 Å². The molecule has 0 radical (unpaired) electrons. The summed E-state index contributed by atoms with van der Waals surface area (Å²) in [6.07, 6.45) is 0. The van der Waals surface area contributed by atoms with E-state index in [2.05, 4.69) is 135 Å². The number of para-hydroxylation sites is 4. The molecule has 0 fully saturated rings. The Labute approximate surface area is 271 Å². The topological polar surface area (TPSA) is 29.5 Å². The molecule has 0 bridgehead atoms. The number of fused-ring (bicyclic) bond motifs is 6. The van der Waals surface area contributed by atoms with Gasteiger partial charge in [0.25, 0.3) is 0 Å². The van der Waals surface area contributed by atoms with Gasteiger partial charge in [0.1, 0.15) is 11.2 Å². The molecule has 0 N–H and O–H groups in total. The van der Waals surface area contributed by atoms with Gasteiger partial charge in [-0.05, 0) is 68.2 Å². The lowest BCUT2D eigenvalue weighted by molar-refractivity contribution is 0.596. The highest BCUT2D eigenvalue weighted by atomic mass is 16.3. The molecule has 0 spiro atoms. The van der Waals surface area contributed by atoms with Gasteiger partial charge in [0, 0.05) is 26.9 Å². The molecule has 47 heavy (non-hydrogen) atoms. The molecule has 0 atom stereocenters. The Morgan fingerprint density at radius 3 is 1.49 bits per heavy atom. The van der Waals surface area contributed by atoms with Crippen LogP contribution >= 0.6 is 0 Å². The van der Waals surface area contributed by atoms with Crippen LogP contribution in [-0.2, 0) is 5.41 Å². The molecule has 10 aromatic rings. The number of hydrogen-bond acceptors (Lipinski definition) is 3. The first-order valence-corrected chi connectivity index (χ1v) is 16.3. The van der Waals surface area contributed by atoms with Crippen LogP contribution in [-0.4, -0.2) is 0 Å². The van der Waals surface area contributed by atoms with Crippen molar-refractivity contribution in [2.45, 2.75) is 26.2 Å². The second-order valence-electron chi connectivity index (χ2n) is 13.7. The van der Waals surface area contributed by atoms with Gasteiger partial charge in [-0.15, -0.1) is 0 Å². The highest BCUT2D eigenvalue weighted by Gasteiger charge is 2.26. The van der Waals surface area contributed by atoms with Crippen LogP contribution in [0.4, 0.5) is 17.1 Å². The number of rotatable bonds is 3. The second kappa shape index (κ2) is 9.37. The Morgan fingerprint density at radius 1 is 0.404 bits per heavy atom. The molecular formula is C44H31NO2. The second-order valence-corrected chi connectivity index (χ2v) is 13.7. The van der Waals surface area contributed by atoms with Crippen molar-refractivity contribution < 1.29 is 8.83 Å². The first-order valence-electron chi connectivity index (χ1n) is 16.3. The molecule has 3 heteroatoms. The van der Waals surface area contributed by atoms with E-state index in [0.717, 1.165) is 60.9 Å². The molecule has 0 amide bonds. The Bertz CT molecular complexity index is 2730. The summed E-state index contributed by atoms with van der Waals surface area (Å²) in [5.74, 6) is 0. The van der Waals surface area contributed by atoms with E-state index >= 15 is 0 Å². The predicted molar refractivity (Wildman–Crippen MR) is 198 cm³/mol. The number of hydrogen-bond donors (Lipinski definition) is 0. The van der Waals surface area contributed by atoms with E-state index < -0.39 is 0 Å². The maximum Gasteiger partial charge on any atom is 0.159 e. The molecule has 10 rings (SSSR count). The minimum atomic E-state index is 0.0189. The van der Waals surface area contributed by atoms with Crippen molar-refractivity contribution in [1.29, 1.82) is 0 Å². The van der Waals surface area contributed by atoms with Crippen LogP contribution in [0.1, 0.15) is 26.3 Å². The molecule has 0 aliphatic carbocycles. The van der Waals surface area contributed by atoms with E-state index in [0.29, 0.717) is 0 Å². The lowest BCUT2D eigenvalue weighted by Gasteiger charge is -2.28. The molecule has 0 saturated heterocycles. The molecule has 0 aliphatic heterocycles. The monoisotopic (exact) mass is 605 g/mol. The molecular weight excluding hydrogens is 574 g/mol. The van der Waals surface area contributed by atoms with Gasteiger partial charge in [-0.3, -0.25) is 0 Å². The van der Waals surface area contributed by atoms with Gasteiger partial charge in [0.2, 0.25) is 0 Å². The van der Waals surface area contributed by atoms with Crippen molar-refractivity contribution in [1.82, 2.24) is 0 Å². The van der Waals surface area contributed by atoms with Gasteiger partial charge in [0.05, 0.1) is 17.1 Å². The third-order valence-corrected chi connectivity index (χ3v) is 9.94. The lowest BCUT2D eigenvalue weighted by atomic mass is 9.81. The standard InChI is InChI=1S/C44H31NO2/c1-44(2,3)34-24-20-26-19-23-33-35(25-21-27-18-22-32(34)40(26)41(27)33)45(36-14-8-12-30-28-10-4-6-16-38(28)46-42(30)36)37-15-9-13-31-29-11-5-7-17-39(29)47-43(31)37/h4-25H,1-3H3. The van der Waals surface area contributed by atoms with Gasteiger partial charge < -0.3 is 13.7 Å². The van der Waals surface area contributed by atoms with Crippen LogP contribution in [0, 0.1) is 0 Å². The molecule has 3 nitrogen and oxygen atoms in total. The van der Waals surface area contributed by atoms with Gasteiger partial charge in [0.15, 0.2) is 11.2 Å². The molecule has 8 aromatic carbocycles. The molecule has 0 aliphatic rings. The minimum absolute atomic E-state index is 0.0189. The summed E-state index contributed by atoms with van der Waals surface area (Å²) >= 11 is 0. The highest BCUT2D eigenvalue weighted by molar-refractivity contribution is 6.27. The first-order chi connectivity index (χ1) is 23.0. The van der Waals surface area contributed by atoms with Crippen molar-refractivity contribution in [3.8, 4) is 0 Å². The normalized spacial score (nSPS) is 12.6. The van der Waals surface area contributed by atoms with Gasteiger partial charge in [-0.2, -0.15) is 0 Å². The third kappa shape index (κ3) is 3.68. The first kappa shape index (κ1) is 26.4. The van der Waals surface area contributed by atoms with Crippen LogP contribution in [0.3, 0.4) is 0 Å². The van der Waals surface area contributed by atoms with Crippen molar-refractivity contribution in [3.05, 3.63) is 139 Å². The van der Waals surface area contributed by atoms with Crippen LogP contribution in [0.2, 0.25) is 0 Å². The minimum Gasteiger partial charge on any atom is -0.454 e. The average molecular weight is 606 g/mol. The number of furan rings is 2. The number of benzene rings is 8. The summed E-state index contributed by atoms with van der Waals surface area (Å²) in [6.45, 7) is 6.90. The fourth-order valence-electron chi connectivity index (χ4n) is 7.84. The SMILES string of the molecule is CC(C)(C)c1ccc2ccc3c(N(c4cccc5c4oc4ccccc45)c4cccc5c4oc4ccccc45)ccc4ccc1c2c43. The number of nitrogens with zero attached hydrogens (tertiary/aromatic N) is 1. The predicted octanol–water partition coefficient (Wildman–Crippen LogP) is 13.2. The zero-order valence-electron chi connectivity index (χ0n) is 26.5. The van der Waals surface area contributed by atoms with Crippen molar-refractivity contribution in [2.75, 3.05) is 4.90 Å². The van der Waals surface area contributed by atoms with E-state index in [1.165, 1.54) is 37.9 Å². The lowest BCUT2D eigenvalue weighted by Crippen LogP contribution is -2.12. The Morgan fingerprint density at radius 2 is 0.894 bits per heavy atom. The largest absolute Gasteiger partial charge is 0.454 e. The van der Waals surface area contributed by atoms with Crippen LogP contribution in [0.15, 0.2) is 142 Å². The summed E-state index contributed by atoms with van der Waals surface area (Å²) in [6, 6.07) is 47.8. The maximum atomic E-state index is 6.68. The summed E-state index contributed by atoms with van der Waals surface area (Å²) in [5, 5.41) is 12.0. The zero-order valence-corrected chi connectivity index (χ0v) is 26.5. The average Bonchev–Trinajstić information content (AvgIpc) is 3.67. The van der Waals surface area contributed by atoms with Gasteiger partial charge in [-0.25, -0.2) is 0 Å². The zero-order chi connectivity index (χ0) is 31.4. The smallest absolute Gasteiger partial charge is 0.159 e. The number of anilines is 3. The summed E-state index contributed by atoms with van der Waals surface area (Å²) in [4.78, 5) is 2.35. The van der Waals surface area contributed by atoms with E-state index in [4.69, 9.17) is 8.83 Å². The van der Waals surface area contributed by atoms with E-state index in [-0.39, 0.29) is 5.41 Å². The van der Waals surface area contributed by atoms with Crippen LogP contribution < -0.4 is 4.90 Å². The van der Waals surface area contributed by atoms with Crippen molar-refractivity contribution >= 4 is 93.3 Å². The summed E-state index contributed by atoms with van der Waals surface area (Å²) < 4.78 is 13.4. The van der Waals surface area contributed by atoms with Crippen molar-refractivity contribution in [3.63, 3.8) is 0 Å². The Hall–Kier alpha value is -5.80. The molecule has 0 saturated carbocycles. The molecule has 0 unspecified atom stereocenters. The summed E-state index contributed by atoms with van der Waals surface area (Å²) in [7, 11) is 0. The van der Waals surface area contributed by atoms with E-state index in [1.54, 1.807) is 0 Å². The summed E-state index contributed by atoms with van der Waals surface area (Å²) in [5.41, 5.74) is 7.85. The van der Waals surface area contributed by atoms with Crippen LogP contribution in [0.5, 0.6) is 0 Å². The van der Waals surface area contributed by atoms with Gasteiger partial charge in [-0.1, -0.05) is 124 Å². The Kier molecular flexibility index (Phi) is 5.27. The third-order valence-electron chi connectivity index (χ3n) is 9.94. The molecule has 224 valence electrons. The molecule has 2 aromatic heterocycles. The fourth-order valence-corrected chi connectivity index (χ4v) is 7.84. The van der Waals surface area contributed by atoms with Crippen LogP contribution in [0.25, 0.3) is 76.2 Å². The quantitative estimate of drug-likeness (QED) is 0.188. The fraction of sp³-hybridized carbons (Fsp3) is 0.0909. The van der Waals surface area contributed by atoms with Crippen molar-refractivity contribution in [2.24, 2.45) is 0 Å². The molecule has 2 heterocycles. The maximum absolute atomic E-state index is 6.68. The van der Waals surface area contributed by atoms with Gasteiger partial charge >= 0.3 is 0 Å². The van der Waals surface area contributed by atoms with E-state index in [9.17, 15) is 0 Å².